The number of rotatable bonds is 7. The first kappa shape index (κ1) is 20.2. The molecular weight excluding hydrogens is 380 g/mol. The third-order valence-corrected chi connectivity index (χ3v) is 5.56. The van der Waals surface area contributed by atoms with Gasteiger partial charge in [0, 0.05) is 31.0 Å². The van der Waals surface area contributed by atoms with E-state index in [0.717, 1.165) is 61.0 Å². The molecule has 0 spiro atoms. The predicted octanol–water partition coefficient (Wildman–Crippen LogP) is 4.35. The third kappa shape index (κ3) is 4.71. The third-order valence-electron chi connectivity index (χ3n) is 5.56. The fraction of sp³-hybridized carbons (Fsp3) is 0.333. The van der Waals surface area contributed by atoms with E-state index in [4.69, 9.17) is 9.15 Å². The number of hydrogen-bond donors (Lipinski definition) is 1. The zero-order valence-corrected chi connectivity index (χ0v) is 17.1. The monoisotopic (exact) mass is 406 g/mol. The molecule has 6 heteroatoms. The van der Waals surface area contributed by atoms with Crippen LogP contribution in [0.15, 0.2) is 59.1 Å². The largest absolute Gasteiger partial charge is 0.496 e. The second kappa shape index (κ2) is 9.13. The summed E-state index contributed by atoms with van der Waals surface area (Å²) < 4.78 is 11.5. The van der Waals surface area contributed by atoms with Crippen molar-refractivity contribution in [3.8, 4) is 5.75 Å². The molecule has 1 fully saturated rings. The van der Waals surface area contributed by atoms with Gasteiger partial charge in [-0.25, -0.2) is 9.78 Å². The lowest BCUT2D eigenvalue weighted by molar-refractivity contribution is 0.0696. The second-order valence-corrected chi connectivity index (χ2v) is 7.73. The molecule has 156 valence electrons. The van der Waals surface area contributed by atoms with Gasteiger partial charge in [0.25, 0.3) is 0 Å². The number of carboxylic acids is 1. The van der Waals surface area contributed by atoms with Crippen molar-refractivity contribution in [2.24, 2.45) is 0 Å². The van der Waals surface area contributed by atoms with Crippen molar-refractivity contribution >= 4 is 5.97 Å². The minimum Gasteiger partial charge on any atom is -0.496 e. The van der Waals surface area contributed by atoms with E-state index < -0.39 is 5.97 Å². The molecule has 0 bridgehead atoms. The summed E-state index contributed by atoms with van der Waals surface area (Å²) in [7, 11) is 1.67. The quantitative estimate of drug-likeness (QED) is 0.629. The first-order valence-corrected chi connectivity index (χ1v) is 10.2. The summed E-state index contributed by atoms with van der Waals surface area (Å²) in [5, 5.41) is 9.20. The Hall–Kier alpha value is -3.12. The molecule has 30 heavy (non-hydrogen) atoms. The van der Waals surface area contributed by atoms with Crippen molar-refractivity contribution < 1.29 is 19.1 Å². The van der Waals surface area contributed by atoms with Gasteiger partial charge in [-0.2, -0.15) is 0 Å². The minimum atomic E-state index is -0.893. The first-order valence-electron chi connectivity index (χ1n) is 10.2. The van der Waals surface area contributed by atoms with Crippen LogP contribution >= 0.6 is 0 Å². The van der Waals surface area contributed by atoms with Crippen LogP contribution in [0.3, 0.4) is 0 Å². The summed E-state index contributed by atoms with van der Waals surface area (Å²) in [5.41, 5.74) is 2.42. The number of para-hydroxylation sites is 1. The summed E-state index contributed by atoms with van der Waals surface area (Å²) in [6, 6.07) is 15.1. The van der Waals surface area contributed by atoms with Crippen LogP contribution in [-0.4, -0.2) is 41.2 Å². The zero-order valence-electron chi connectivity index (χ0n) is 17.1. The normalized spacial score (nSPS) is 17.0. The topological polar surface area (TPSA) is 75.8 Å². The molecule has 1 aliphatic heterocycles. The number of hydrogen-bond acceptors (Lipinski definition) is 5. The maximum atomic E-state index is 11.2. The summed E-state index contributed by atoms with van der Waals surface area (Å²) in [5.74, 6) is 1.82. The molecule has 1 N–H and O–H groups in total. The number of aromatic carboxylic acids is 1. The van der Waals surface area contributed by atoms with E-state index in [9.17, 15) is 9.90 Å². The molecule has 3 aromatic rings. The number of carboxylic acid groups (broad SMARTS) is 1. The van der Waals surface area contributed by atoms with E-state index in [1.807, 2.05) is 36.5 Å². The molecule has 2 heterocycles. The Bertz CT molecular complexity index is 1010. The van der Waals surface area contributed by atoms with Crippen LogP contribution in [-0.2, 0) is 13.0 Å². The molecule has 1 aromatic heterocycles. The molecule has 0 amide bonds. The number of aromatic nitrogens is 1. The number of carbonyl (C=O) groups is 1. The molecule has 6 nitrogen and oxygen atoms in total. The Labute approximate surface area is 176 Å². The van der Waals surface area contributed by atoms with E-state index in [-0.39, 0.29) is 5.92 Å². The molecule has 1 saturated heterocycles. The van der Waals surface area contributed by atoms with Crippen molar-refractivity contribution in [3.05, 3.63) is 83.1 Å². The highest BCUT2D eigenvalue weighted by Gasteiger charge is 2.25. The van der Waals surface area contributed by atoms with Crippen LogP contribution in [0.1, 0.15) is 51.9 Å². The number of ether oxygens (including phenoxy) is 1. The molecule has 4 rings (SSSR count). The summed E-state index contributed by atoms with van der Waals surface area (Å²) in [4.78, 5) is 18.1. The average Bonchev–Trinajstić information content (AvgIpc) is 3.23. The van der Waals surface area contributed by atoms with E-state index >= 15 is 0 Å². The van der Waals surface area contributed by atoms with Crippen molar-refractivity contribution in [2.45, 2.75) is 31.7 Å². The zero-order chi connectivity index (χ0) is 20.9. The molecule has 0 radical (unpaired) electrons. The average molecular weight is 406 g/mol. The van der Waals surface area contributed by atoms with Gasteiger partial charge in [0.15, 0.2) is 5.89 Å². The highest BCUT2D eigenvalue weighted by molar-refractivity contribution is 5.87. The van der Waals surface area contributed by atoms with Crippen molar-refractivity contribution in [3.63, 3.8) is 0 Å². The van der Waals surface area contributed by atoms with Gasteiger partial charge in [-0.05, 0) is 43.1 Å². The van der Waals surface area contributed by atoms with Gasteiger partial charge in [0.05, 0.1) is 18.9 Å². The second-order valence-electron chi connectivity index (χ2n) is 7.73. The number of methoxy groups -OCH3 is 1. The number of piperidine rings is 1. The van der Waals surface area contributed by atoms with Gasteiger partial charge in [0.1, 0.15) is 11.5 Å². The Kier molecular flexibility index (Phi) is 6.14. The van der Waals surface area contributed by atoms with Gasteiger partial charge in [0.2, 0.25) is 0 Å². The lowest BCUT2D eigenvalue weighted by atomic mass is 9.97. The van der Waals surface area contributed by atoms with Crippen molar-refractivity contribution in [2.75, 3.05) is 20.2 Å². The fourth-order valence-corrected chi connectivity index (χ4v) is 4.09. The number of benzene rings is 2. The summed E-state index contributed by atoms with van der Waals surface area (Å²) >= 11 is 0. The highest BCUT2D eigenvalue weighted by atomic mass is 16.5. The SMILES string of the molecule is COc1ccccc1Cc1cnc([C@@H]2CCCN(Cc3cccc(C(=O)O)c3)C2)o1. The van der Waals surface area contributed by atoms with Crippen LogP contribution in [0.2, 0.25) is 0 Å². The van der Waals surface area contributed by atoms with Crippen LogP contribution in [0, 0.1) is 0 Å². The molecule has 1 atom stereocenters. The van der Waals surface area contributed by atoms with E-state index in [1.54, 1.807) is 25.3 Å². The number of nitrogens with zero attached hydrogens (tertiary/aromatic N) is 2. The summed E-state index contributed by atoms with van der Waals surface area (Å²) in [6.07, 6.45) is 4.57. The highest BCUT2D eigenvalue weighted by Crippen LogP contribution is 2.29. The van der Waals surface area contributed by atoms with E-state index in [1.165, 1.54) is 0 Å². The molecular formula is C24H26N2O4. The van der Waals surface area contributed by atoms with Gasteiger partial charge >= 0.3 is 5.97 Å². The predicted molar refractivity (Wildman–Crippen MR) is 113 cm³/mol. The van der Waals surface area contributed by atoms with E-state index in [0.29, 0.717) is 12.0 Å². The maximum Gasteiger partial charge on any atom is 0.335 e. The lowest BCUT2D eigenvalue weighted by Crippen LogP contribution is -2.34. The Morgan fingerprint density at radius 1 is 1.27 bits per heavy atom. The van der Waals surface area contributed by atoms with Crippen LogP contribution in [0.5, 0.6) is 5.75 Å². The lowest BCUT2D eigenvalue weighted by Gasteiger charge is -2.31. The Balaban J connectivity index is 1.41. The number of oxazole rings is 1. The van der Waals surface area contributed by atoms with Crippen LogP contribution in [0.4, 0.5) is 0 Å². The maximum absolute atomic E-state index is 11.2. The van der Waals surface area contributed by atoms with Gasteiger partial charge in [-0.3, -0.25) is 4.90 Å². The fourth-order valence-electron chi connectivity index (χ4n) is 4.09. The minimum absolute atomic E-state index is 0.243. The Morgan fingerprint density at radius 2 is 2.13 bits per heavy atom. The van der Waals surface area contributed by atoms with E-state index in [2.05, 4.69) is 9.88 Å². The molecule has 0 saturated carbocycles. The molecule has 0 aliphatic carbocycles. The first-order chi connectivity index (χ1) is 14.6. The van der Waals surface area contributed by atoms with Crippen molar-refractivity contribution in [1.82, 2.24) is 9.88 Å². The van der Waals surface area contributed by atoms with Gasteiger partial charge in [-0.15, -0.1) is 0 Å². The Morgan fingerprint density at radius 3 is 2.97 bits per heavy atom. The standard InChI is InChI=1S/C24H26N2O4/c1-29-22-10-3-2-7-18(22)13-21-14-25-23(30-21)20-9-5-11-26(16-20)15-17-6-4-8-19(12-17)24(27)28/h2-4,6-8,10,12,14,20H,5,9,11,13,15-16H2,1H3,(H,27,28)/t20-/m1/s1. The van der Waals surface area contributed by atoms with Crippen LogP contribution < -0.4 is 4.74 Å². The molecule has 1 aliphatic rings. The van der Waals surface area contributed by atoms with Gasteiger partial charge < -0.3 is 14.3 Å². The van der Waals surface area contributed by atoms with Crippen molar-refractivity contribution in [1.29, 1.82) is 0 Å². The number of likely N-dealkylation sites (tertiary alicyclic amines) is 1. The smallest absolute Gasteiger partial charge is 0.335 e. The van der Waals surface area contributed by atoms with Gasteiger partial charge in [-0.1, -0.05) is 30.3 Å². The summed E-state index contributed by atoms with van der Waals surface area (Å²) in [6.45, 7) is 2.57. The molecule has 2 aromatic carbocycles. The van der Waals surface area contributed by atoms with Crippen LogP contribution in [0.25, 0.3) is 0 Å². The molecule has 0 unspecified atom stereocenters.